The van der Waals surface area contributed by atoms with E-state index < -0.39 is 22.7 Å². The number of nitro groups is 1. The van der Waals surface area contributed by atoms with Gasteiger partial charge in [0, 0.05) is 43.8 Å². The number of carbonyl (C=O) groups excluding carboxylic acids is 2. The molecular weight excluding hydrogens is 657 g/mol. The average molecular weight is 681 g/mol. The van der Waals surface area contributed by atoms with E-state index in [1.165, 1.54) is 17.0 Å². The number of hydrogen-bond donors (Lipinski definition) is 1. The van der Waals surface area contributed by atoms with Crippen molar-refractivity contribution in [1.29, 1.82) is 0 Å². The largest absolute Gasteiger partial charge is 0.489 e. The van der Waals surface area contributed by atoms with Crippen LogP contribution >= 0.6 is 46.3 Å². The first-order chi connectivity index (χ1) is 21.7. The Balaban J connectivity index is 1.22. The number of aromatic nitrogens is 1. The zero-order valence-electron chi connectivity index (χ0n) is 23.2. The Labute approximate surface area is 274 Å². The summed E-state index contributed by atoms with van der Waals surface area (Å²) in [6.45, 7) is 0.202. The fourth-order valence-corrected chi connectivity index (χ4v) is 11.1. The number of benzene rings is 3. The minimum absolute atomic E-state index is 0.0794. The van der Waals surface area contributed by atoms with Gasteiger partial charge in [-0.15, -0.1) is 11.8 Å². The number of H-pyrrole nitrogens is 1. The number of nitrogens with one attached hydrogen (secondary N) is 1. The van der Waals surface area contributed by atoms with Crippen LogP contribution in [-0.4, -0.2) is 27.0 Å². The SMILES string of the molecule is O=C1[C@H]2[C@H]3C[C@@H]([C@@H]2C(=O)N1c1ccc(Cl)cc1)[C@H]1[C@H](c2cc([N+](=O)[O-])ccc2OCc2ccc(Cl)cc2)c2sc(=O)[nH]c2S[C@H]31. The van der Waals surface area contributed by atoms with Crippen LogP contribution in [0.25, 0.3) is 0 Å². The van der Waals surface area contributed by atoms with Gasteiger partial charge in [-0.1, -0.05) is 46.7 Å². The van der Waals surface area contributed by atoms with Crippen LogP contribution in [0.1, 0.15) is 28.3 Å². The molecule has 2 amide bonds. The number of amides is 2. The van der Waals surface area contributed by atoms with Gasteiger partial charge in [-0.2, -0.15) is 0 Å². The molecule has 1 saturated heterocycles. The van der Waals surface area contributed by atoms with Crippen LogP contribution < -0.4 is 14.5 Å². The summed E-state index contributed by atoms with van der Waals surface area (Å²) in [5.74, 6) is -1.81. The number of imide groups is 1. The number of ether oxygens (including phenoxy) is 1. The lowest BCUT2D eigenvalue weighted by Gasteiger charge is -2.43. The highest BCUT2D eigenvalue weighted by atomic mass is 35.5. The molecule has 3 aromatic carbocycles. The summed E-state index contributed by atoms with van der Waals surface area (Å²) >= 11 is 14.8. The Morgan fingerprint density at radius 3 is 2.29 bits per heavy atom. The molecular formula is C32H23Cl2N3O6S2. The highest BCUT2D eigenvalue weighted by Gasteiger charge is 2.70. The third-order valence-corrected chi connectivity index (χ3v) is 12.7. The van der Waals surface area contributed by atoms with Crippen molar-refractivity contribution < 1.29 is 19.2 Å². The molecule has 0 radical (unpaired) electrons. The number of carbonyl (C=O) groups is 2. The molecule has 3 heterocycles. The molecule has 3 fully saturated rings. The quantitative estimate of drug-likeness (QED) is 0.133. The molecule has 7 atom stereocenters. The molecule has 8 rings (SSSR count). The molecule has 2 aliphatic heterocycles. The van der Waals surface area contributed by atoms with Crippen LogP contribution in [-0.2, 0) is 16.2 Å². The van der Waals surface area contributed by atoms with Gasteiger partial charge in [0.2, 0.25) is 11.8 Å². The summed E-state index contributed by atoms with van der Waals surface area (Å²) in [7, 11) is 0. The molecule has 9 nitrogen and oxygen atoms in total. The zero-order chi connectivity index (χ0) is 31.1. The lowest BCUT2D eigenvalue weighted by molar-refractivity contribution is -0.385. The van der Waals surface area contributed by atoms with Gasteiger partial charge in [-0.05, 0) is 72.2 Å². The number of nitro benzene ring substituents is 1. The summed E-state index contributed by atoms with van der Waals surface area (Å²) < 4.78 is 6.31. The Hall–Kier alpha value is -3.64. The topological polar surface area (TPSA) is 123 Å². The van der Waals surface area contributed by atoms with Gasteiger partial charge >= 0.3 is 4.87 Å². The van der Waals surface area contributed by atoms with Crippen LogP contribution in [0.3, 0.4) is 0 Å². The molecule has 4 aromatic rings. The van der Waals surface area contributed by atoms with Gasteiger partial charge in [0.1, 0.15) is 12.4 Å². The second-order valence-corrected chi connectivity index (χ2v) is 14.9. The van der Waals surface area contributed by atoms with Crippen molar-refractivity contribution in [2.24, 2.45) is 29.6 Å². The normalized spacial score (nSPS) is 27.8. The number of thioether (sulfide) groups is 1. The van der Waals surface area contributed by atoms with E-state index >= 15 is 0 Å². The van der Waals surface area contributed by atoms with Crippen molar-refractivity contribution in [2.75, 3.05) is 4.90 Å². The minimum atomic E-state index is -0.517. The van der Waals surface area contributed by atoms with E-state index in [0.717, 1.165) is 21.8 Å². The summed E-state index contributed by atoms with van der Waals surface area (Å²) in [5.41, 5.74) is 1.87. The van der Waals surface area contributed by atoms with Gasteiger partial charge in [0.05, 0.1) is 27.5 Å². The molecule has 1 aromatic heterocycles. The van der Waals surface area contributed by atoms with Crippen LogP contribution in [0.15, 0.2) is 76.6 Å². The number of halogens is 2. The molecule has 228 valence electrons. The number of nitrogens with zero attached hydrogens (tertiary/aromatic N) is 2. The molecule has 0 unspecified atom stereocenters. The summed E-state index contributed by atoms with van der Waals surface area (Å²) in [5, 5.41) is 13.7. The summed E-state index contributed by atoms with van der Waals surface area (Å²) in [4.78, 5) is 57.0. The van der Waals surface area contributed by atoms with Crippen molar-refractivity contribution in [3.8, 4) is 5.75 Å². The van der Waals surface area contributed by atoms with Crippen molar-refractivity contribution in [2.45, 2.75) is 29.2 Å². The Morgan fingerprint density at radius 1 is 0.933 bits per heavy atom. The monoisotopic (exact) mass is 679 g/mol. The predicted molar refractivity (Wildman–Crippen MR) is 171 cm³/mol. The molecule has 13 heteroatoms. The smallest absolute Gasteiger partial charge is 0.305 e. The van der Waals surface area contributed by atoms with Crippen molar-refractivity contribution in [3.05, 3.63) is 113 Å². The molecule has 45 heavy (non-hydrogen) atoms. The number of thiazole rings is 1. The first kappa shape index (κ1) is 28.8. The minimum Gasteiger partial charge on any atom is -0.489 e. The number of fused-ring (bicyclic) bond motifs is 9. The lowest BCUT2D eigenvalue weighted by Crippen LogP contribution is -2.42. The van der Waals surface area contributed by atoms with Crippen LogP contribution in [0.4, 0.5) is 11.4 Å². The van der Waals surface area contributed by atoms with Gasteiger partial charge in [0.15, 0.2) is 0 Å². The zero-order valence-corrected chi connectivity index (χ0v) is 26.4. The second-order valence-electron chi connectivity index (χ2n) is 11.8. The maximum Gasteiger partial charge on any atom is 0.305 e. The molecule has 2 bridgehead atoms. The van der Waals surface area contributed by atoms with E-state index in [9.17, 15) is 24.5 Å². The fourth-order valence-electron chi connectivity index (χ4n) is 7.98. The van der Waals surface area contributed by atoms with Crippen molar-refractivity contribution in [1.82, 2.24) is 4.98 Å². The lowest BCUT2D eigenvalue weighted by atomic mass is 9.68. The van der Waals surface area contributed by atoms with Gasteiger partial charge < -0.3 is 9.72 Å². The number of rotatable bonds is 6. The molecule has 2 saturated carbocycles. The molecule has 2 aliphatic carbocycles. The van der Waals surface area contributed by atoms with E-state index in [2.05, 4.69) is 4.98 Å². The van der Waals surface area contributed by atoms with Gasteiger partial charge in [0.25, 0.3) is 5.69 Å². The van der Waals surface area contributed by atoms with E-state index in [0.29, 0.717) is 38.5 Å². The van der Waals surface area contributed by atoms with Gasteiger partial charge in [-0.3, -0.25) is 29.4 Å². The van der Waals surface area contributed by atoms with Crippen molar-refractivity contribution in [3.63, 3.8) is 0 Å². The summed E-state index contributed by atoms with van der Waals surface area (Å²) in [6, 6.07) is 18.5. The van der Waals surface area contributed by atoms with E-state index in [1.54, 1.807) is 54.2 Å². The molecule has 0 spiro atoms. The highest BCUT2D eigenvalue weighted by Crippen LogP contribution is 2.69. The predicted octanol–water partition coefficient (Wildman–Crippen LogP) is 6.91. The number of hydrogen-bond acceptors (Lipinski definition) is 8. The Bertz CT molecular complexity index is 1950. The summed E-state index contributed by atoms with van der Waals surface area (Å²) in [6.07, 6.45) is 0.690. The number of non-ortho nitro benzene ring substituents is 1. The third kappa shape index (κ3) is 4.54. The second kappa shape index (κ2) is 10.7. The standard InChI is InChI=1S/C32H23Cl2N3O6S2/c33-15-3-1-14(2-4-15)13-43-22-10-9-18(37(41)42)11-19(22)23-24-20-12-21(27(24)44-29-28(23)45-32(40)35-29)26-25(20)30(38)36(31(26)39)17-7-5-16(34)6-8-17/h1-11,20-21,23-27H,12-13H2,(H,35,40)/t20-,21-,23+,24+,25+,26+,27-/m1/s1. The number of aromatic amines is 1. The highest BCUT2D eigenvalue weighted by molar-refractivity contribution is 8.00. The number of anilines is 1. The maximum absolute atomic E-state index is 14.0. The first-order valence-electron chi connectivity index (χ1n) is 14.4. The van der Waals surface area contributed by atoms with E-state index in [4.69, 9.17) is 27.9 Å². The first-order valence-corrected chi connectivity index (χ1v) is 16.8. The third-order valence-electron chi connectivity index (χ3n) is 9.66. The van der Waals surface area contributed by atoms with E-state index in [-0.39, 0.29) is 52.0 Å². The van der Waals surface area contributed by atoms with Crippen LogP contribution in [0.5, 0.6) is 5.75 Å². The molecule has 1 N–H and O–H groups in total. The van der Waals surface area contributed by atoms with Crippen LogP contribution in [0, 0.1) is 39.7 Å². The molecule has 4 aliphatic rings. The maximum atomic E-state index is 14.0. The van der Waals surface area contributed by atoms with Crippen molar-refractivity contribution >= 4 is 69.5 Å². The van der Waals surface area contributed by atoms with E-state index in [1.807, 2.05) is 12.1 Å². The average Bonchev–Trinajstić information content (AvgIpc) is 3.76. The Morgan fingerprint density at radius 2 is 1.60 bits per heavy atom. The Kier molecular flexibility index (Phi) is 6.86. The van der Waals surface area contributed by atoms with Gasteiger partial charge in [-0.25, -0.2) is 0 Å². The van der Waals surface area contributed by atoms with Crippen LogP contribution in [0.2, 0.25) is 10.0 Å². The fraction of sp³-hybridized carbons (Fsp3) is 0.281.